The van der Waals surface area contributed by atoms with Crippen molar-refractivity contribution in [3.8, 4) is 23.0 Å². The van der Waals surface area contributed by atoms with Crippen LogP contribution < -0.4 is 30.4 Å². The number of hydrogen-bond acceptors (Lipinski definition) is 12. The Morgan fingerprint density at radius 3 is 1.11 bits per heavy atom. The number of nitrogen functional groups attached to an aromatic ring is 2. The average molecular weight is 1040 g/mol. The molecule has 0 radical (unpaired) electrons. The monoisotopic (exact) mass is 1040 g/mol. The lowest BCUT2D eigenvalue weighted by Gasteiger charge is -2.33. The molecule has 6 aromatic rings. The number of hydrogen-bond donors (Lipinski definition) is 2. The summed E-state index contributed by atoms with van der Waals surface area (Å²) in [5.41, 5.74) is 15.2. The van der Waals surface area contributed by atoms with Gasteiger partial charge in [-0.15, -0.1) is 0 Å². The van der Waals surface area contributed by atoms with Gasteiger partial charge in [0.2, 0.25) is 0 Å². The molecule has 0 aliphatic rings. The molecule has 75 heavy (non-hydrogen) atoms. The Morgan fingerprint density at radius 1 is 0.440 bits per heavy atom. The minimum atomic E-state index is -4.27. The molecule has 0 atom stereocenters. The summed E-state index contributed by atoms with van der Waals surface area (Å²) < 4.78 is 108. The predicted octanol–water partition coefficient (Wildman–Crippen LogP) is 12.0. The quantitative estimate of drug-likeness (QED) is 0.0147. The number of anilines is 2. The molecule has 0 heterocycles. The summed E-state index contributed by atoms with van der Waals surface area (Å²) in [6, 6.07) is 38.4. The zero-order chi connectivity index (χ0) is 53.9. The van der Waals surface area contributed by atoms with E-state index in [0.29, 0.717) is 46.8 Å². The van der Waals surface area contributed by atoms with Crippen molar-refractivity contribution in [1.82, 2.24) is 0 Å². The third-order valence-corrected chi connectivity index (χ3v) is 11.1. The zero-order valence-corrected chi connectivity index (χ0v) is 40.2. The first kappa shape index (κ1) is 55.8. The van der Waals surface area contributed by atoms with Crippen LogP contribution in [-0.4, -0.2) is 62.7 Å². The minimum absolute atomic E-state index is 0.134. The molecule has 6 aromatic carbocycles. The second-order valence-corrected chi connectivity index (χ2v) is 17.3. The summed E-state index contributed by atoms with van der Waals surface area (Å²) in [6.07, 6.45) is -4.80. The number of esters is 4. The number of carbonyl (C=O) groups is 4. The lowest BCUT2D eigenvalue weighted by Crippen LogP contribution is -2.38. The van der Waals surface area contributed by atoms with Crippen LogP contribution in [0.25, 0.3) is 12.2 Å². The van der Waals surface area contributed by atoms with Gasteiger partial charge in [-0.05, 0) is 157 Å². The van der Waals surface area contributed by atoms with Crippen LogP contribution in [0.1, 0.15) is 68.7 Å². The maximum atomic E-state index is 13.3. The van der Waals surface area contributed by atoms with E-state index in [2.05, 4.69) is 0 Å². The number of benzene rings is 6. The molecule has 0 aliphatic heterocycles. The third kappa shape index (κ3) is 19.8. The van der Waals surface area contributed by atoms with Crippen molar-refractivity contribution in [1.29, 1.82) is 0 Å². The summed E-state index contributed by atoms with van der Waals surface area (Å²) >= 11 is 0. The van der Waals surface area contributed by atoms with Gasteiger partial charge in [0, 0.05) is 41.8 Å². The molecule has 0 saturated carbocycles. The summed E-state index contributed by atoms with van der Waals surface area (Å²) in [6.45, 7) is -0.645. The fourth-order valence-corrected chi connectivity index (χ4v) is 7.24. The topological polar surface area (TPSA) is 176 Å². The van der Waals surface area contributed by atoms with E-state index in [1.165, 1.54) is 97.1 Å². The molecule has 12 nitrogen and oxygen atoms in total. The molecule has 6 rings (SSSR count). The molecular weight excluding hydrogens is 987 g/mol. The van der Waals surface area contributed by atoms with E-state index < -0.39 is 54.5 Å². The van der Waals surface area contributed by atoms with Gasteiger partial charge in [0.15, 0.2) is 0 Å². The first-order valence-electron chi connectivity index (χ1n) is 23.4. The van der Waals surface area contributed by atoms with Crippen molar-refractivity contribution in [2.75, 3.05) is 37.9 Å². The second-order valence-electron chi connectivity index (χ2n) is 17.3. The minimum Gasteiger partial charge on any atom is -0.494 e. The largest absolute Gasteiger partial charge is 0.494 e. The normalized spacial score (nSPS) is 11.8. The maximum Gasteiger partial charge on any atom is 0.389 e. The predicted molar refractivity (Wildman–Crippen MR) is 269 cm³/mol. The smallest absolute Gasteiger partial charge is 0.389 e. The fraction of sp³-hybridized carbons (Fsp3) is 0.228. The molecule has 0 fully saturated rings. The van der Waals surface area contributed by atoms with Crippen LogP contribution in [0.5, 0.6) is 23.0 Å². The fourth-order valence-electron chi connectivity index (χ4n) is 7.24. The van der Waals surface area contributed by atoms with Gasteiger partial charge in [0.1, 0.15) is 36.2 Å². The summed E-state index contributed by atoms with van der Waals surface area (Å²) in [5, 5.41) is 0. The van der Waals surface area contributed by atoms with Crippen molar-refractivity contribution in [3.05, 3.63) is 191 Å². The molecule has 0 saturated heterocycles. The highest BCUT2D eigenvalue weighted by Gasteiger charge is 2.35. The number of halogens is 6. The third-order valence-electron chi connectivity index (χ3n) is 11.1. The summed E-state index contributed by atoms with van der Waals surface area (Å²) in [5.74, 6) is -1.70. The Balaban J connectivity index is 1.06. The van der Waals surface area contributed by atoms with Crippen LogP contribution in [-0.2, 0) is 31.9 Å². The van der Waals surface area contributed by atoms with Crippen molar-refractivity contribution >= 4 is 47.4 Å². The van der Waals surface area contributed by atoms with E-state index in [1.807, 2.05) is 24.3 Å². The molecule has 0 bridgehead atoms. The summed E-state index contributed by atoms with van der Waals surface area (Å²) in [4.78, 5) is 52.2. The highest BCUT2D eigenvalue weighted by Crippen LogP contribution is 2.32. The highest BCUT2D eigenvalue weighted by atomic mass is 19.4. The van der Waals surface area contributed by atoms with Gasteiger partial charge in [-0.25, -0.2) is 19.2 Å². The molecule has 0 aliphatic carbocycles. The molecule has 0 amide bonds. The molecule has 0 aromatic heterocycles. The number of nitrogens with two attached hydrogens (primary N) is 2. The molecule has 392 valence electrons. The van der Waals surface area contributed by atoms with Gasteiger partial charge in [-0.3, -0.25) is 0 Å². The van der Waals surface area contributed by atoms with Gasteiger partial charge in [0.25, 0.3) is 0 Å². The lowest BCUT2D eigenvalue weighted by molar-refractivity contribution is -0.148. The molecule has 0 spiro atoms. The van der Waals surface area contributed by atoms with Gasteiger partial charge in [-0.1, -0.05) is 48.5 Å². The van der Waals surface area contributed by atoms with Crippen molar-refractivity contribution < 1.29 is 73.9 Å². The van der Waals surface area contributed by atoms with Crippen LogP contribution in [0.3, 0.4) is 0 Å². The Morgan fingerprint density at radius 2 is 0.773 bits per heavy atom. The maximum absolute atomic E-state index is 13.3. The SMILES string of the molecule is Nc1ccc(CC(COC(=O)/C=C/c2ccc(OC(=O)c3ccc(OCCCC(F)(F)F)cc3)cc2)(COC(=O)/C=C/c2ccc(OC(=O)c3ccc(OCCCC(F)(F)F)cc3)cc2)Cc2ccc(N)cc2)cc1. The number of carbonyl (C=O) groups excluding carboxylic acids is 4. The van der Waals surface area contributed by atoms with Gasteiger partial charge < -0.3 is 39.9 Å². The van der Waals surface area contributed by atoms with Gasteiger partial charge in [-0.2, -0.15) is 26.3 Å². The van der Waals surface area contributed by atoms with E-state index in [0.717, 1.165) is 11.1 Å². The Kier molecular flexibility index (Phi) is 19.6. The molecular formula is C57H52F6N2O10. The molecule has 0 unspecified atom stereocenters. The number of ether oxygens (including phenoxy) is 6. The average Bonchev–Trinajstić information content (AvgIpc) is 3.38. The Bertz CT molecular complexity index is 2670. The van der Waals surface area contributed by atoms with Gasteiger partial charge in [0.05, 0.1) is 24.3 Å². The van der Waals surface area contributed by atoms with Crippen LogP contribution in [0.4, 0.5) is 37.7 Å². The summed E-state index contributed by atoms with van der Waals surface area (Å²) in [7, 11) is 0. The van der Waals surface area contributed by atoms with Crippen molar-refractivity contribution in [2.45, 2.75) is 50.9 Å². The second kappa shape index (κ2) is 26.4. The first-order valence-corrected chi connectivity index (χ1v) is 23.4. The van der Waals surface area contributed by atoms with Gasteiger partial charge >= 0.3 is 36.2 Å². The Hall–Kier alpha value is -8.54. The number of rotatable bonds is 24. The van der Waals surface area contributed by atoms with E-state index in [4.69, 9.17) is 39.9 Å². The zero-order valence-electron chi connectivity index (χ0n) is 40.2. The first-order chi connectivity index (χ1) is 35.8. The van der Waals surface area contributed by atoms with Crippen LogP contribution in [0.15, 0.2) is 158 Å². The number of alkyl halides is 6. The molecule has 18 heteroatoms. The van der Waals surface area contributed by atoms with E-state index in [1.54, 1.807) is 48.5 Å². The standard InChI is InChI=1S/C57H52F6N2O10/c58-56(59,60)31-1-33-70-47-25-13-43(14-26-47)53(68)74-49-21-7-39(8-22-49)11-29-51(66)72-37-55(35-41-3-17-45(64)18-4-41,36-42-5-19-46(65)20-6-42)38-73-52(67)30-12-40-9-23-50(24-10-40)75-54(69)44-15-27-48(28-16-44)71-34-2-32-57(61,62)63/h3-30H,1-2,31-38,64-65H2/b29-11+,30-12+. The lowest BCUT2D eigenvalue weighted by atomic mass is 9.77. The van der Waals surface area contributed by atoms with E-state index in [9.17, 15) is 45.5 Å². The van der Waals surface area contributed by atoms with E-state index in [-0.39, 0.29) is 61.9 Å². The van der Waals surface area contributed by atoms with Crippen molar-refractivity contribution in [3.63, 3.8) is 0 Å². The van der Waals surface area contributed by atoms with Crippen LogP contribution in [0.2, 0.25) is 0 Å². The van der Waals surface area contributed by atoms with E-state index >= 15 is 0 Å². The van der Waals surface area contributed by atoms with Crippen LogP contribution >= 0.6 is 0 Å². The van der Waals surface area contributed by atoms with Crippen molar-refractivity contribution in [2.24, 2.45) is 5.41 Å². The van der Waals surface area contributed by atoms with Crippen LogP contribution in [0, 0.1) is 5.41 Å². The molecule has 4 N–H and O–H groups in total. The Labute approximate surface area is 428 Å². The highest BCUT2D eigenvalue weighted by molar-refractivity contribution is 5.92.